The van der Waals surface area contributed by atoms with E-state index in [1.807, 2.05) is 42.5 Å². The number of carbonyl (C=O) groups is 1. The number of piperidine rings is 1. The molecule has 1 heterocycles. The van der Waals surface area contributed by atoms with Gasteiger partial charge in [0.1, 0.15) is 12.4 Å². The second kappa shape index (κ2) is 11.1. The fraction of sp³-hybridized carbons (Fsp3) is 0.269. The lowest BCUT2D eigenvalue weighted by Gasteiger charge is -2.40. The number of likely N-dealkylation sites (tertiary alicyclic amines) is 1. The molecule has 2 N–H and O–H groups in total. The highest BCUT2D eigenvalue weighted by atomic mass is 35.5. The first kappa shape index (κ1) is 24.3. The number of anilines is 1. The molecule has 1 fully saturated rings. The molecule has 0 aromatic heterocycles. The van der Waals surface area contributed by atoms with Crippen LogP contribution in [-0.2, 0) is 11.3 Å². The number of aliphatic hydroxyl groups excluding tert-OH is 1. The maximum Gasteiger partial charge on any atom is 0.410 e. The molecule has 1 aliphatic heterocycles. The number of hydrogen-bond acceptors (Lipinski definition) is 4. The quantitative estimate of drug-likeness (QED) is 0.414. The van der Waals surface area contributed by atoms with Crippen LogP contribution in [0.5, 0.6) is 0 Å². The van der Waals surface area contributed by atoms with E-state index in [0.717, 1.165) is 11.1 Å². The van der Waals surface area contributed by atoms with Crippen LogP contribution in [0.15, 0.2) is 72.8 Å². The van der Waals surface area contributed by atoms with Gasteiger partial charge in [-0.05, 0) is 47.9 Å². The molecular formula is C26H25Cl2FN2O3. The van der Waals surface area contributed by atoms with E-state index in [0.29, 0.717) is 23.7 Å². The lowest BCUT2D eigenvalue weighted by Crippen LogP contribution is -2.49. The van der Waals surface area contributed by atoms with Crippen molar-refractivity contribution in [2.45, 2.75) is 25.2 Å². The van der Waals surface area contributed by atoms with Gasteiger partial charge in [-0.15, -0.1) is 0 Å². The topological polar surface area (TPSA) is 61.8 Å². The summed E-state index contributed by atoms with van der Waals surface area (Å²) >= 11 is 12.1. The minimum absolute atomic E-state index is 0.0230. The largest absolute Gasteiger partial charge is 0.445 e. The predicted octanol–water partition coefficient (Wildman–Crippen LogP) is 6.31. The van der Waals surface area contributed by atoms with Gasteiger partial charge in [-0.1, -0.05) is 65.7 Å². The number of halogens is 3. The van der Waals surface area contributed by atoms with Crippen LogP contribution in [0.3, 0.4) is 0 Å². The minimum Gasteiger partial charge on any atom is -0.445 e. The Labute approximate surface area is 208 Å². The van der Waals surface area contributed by atoms with Crippen molar-refractivity contribution in [3.8, 4) is 0 Å². The van der Waals surface area contributed by atoms with Gasteiger partial charge in [-0.25, -0.2) is 9.18 Å². The molecular weight excluding hydrogens is 478 g/mol. The van der Waals surface area contributed by atoms with Crippen LogP contribution >= 0.6 is 23.2 Å². The maximum absolute atomic E-state index is 14.1. The van der Waals surface area contributed by atoms with Crippen molar-refractivity contribution in [1.29, 1.82) is 0 Å². The molecule has 0 bridgehead atoms. The first-order valence-corrected chi connectivity index (χ1v) is 11.8. The highest BCUT2D eigenvalue weighted by Gasteiger charge is 2.37. The maximum atomic E-state index is 14.1. The molecule has 0 spiro atoms. The monoisotopic (exact) mass is 502 g/mol. The molecule has 1 amide bonds. The average Bonchev–Trinajstić information content (AvgIpc) is 2.84. The van der Waals surface area contributed by atoms with Crippen LogP contribution in [0.4, 0.5) is 14.9 Å². The molecule has 0 unspecified atom stereocenters. The van der Waals surface area contributed by atoms with Gasteiger partial charge in [0.25, 0.3) is 0 Å². The van der Waals surface area contributed by atoms with Crippen molar-refractivity contribution in [1.82, 2.24) is 4.90 Å². The molecule has 0 aliphatic carbocycles. The summed E-state index contributed by atoms with van der Waals surface area (Å²) in [5, 5.41) is 14.8. The number of benzene rings is 3. The Morgan fingerprint density at radius 2 is 1.91 bits per heavy atom. The Kier molecular flexibility index (Phi) is 7.93. The van der Waals surface area contributed by atoms with Gasteiger partial charge in [-0.3, -0.25) is 0 Å². The zero-order chi connectivity index (χ0) is 24.1. The molecule has 5 nitrogen and oxygen atoms in total. The second-order valence-electron chi connectivity index (χ2n) is 8.31. The van der Waals surface area contributed by atoms with Gasteiger partial charge in [-0.2, -0.15) is 0 Å². The molecule has 34 heavy (non-hydrogen) atoms. The number of nitrogens with one attached hydrogen (secondary N) is 1. The molecule has 3 atom stereocenters. The Hall–Kier alpha value is -2.80. The number of amides is 1. The third-order valence-electron chi connectivity index (χ3n) is 5.96. The molecule has 8 heteroatoms. The molecule has 4 rings (SSSR count). The fourth-order valence-corrected chi connectivity index (χ4v) is 4.49. The summed E-state index contributed by atoms with van der Waals surface area (Å²) in [6, 6.07) is 20.7. The predicted molar refractivity (Wildman–Crippen MR) is 132 cm³/mol. The summed E-state index contributed by atoms with van der Waals surface area (Å²) < 4.78 is 19.6. The summed E-state index contributed by atoms with van der Waals surface area (Å²) in [6.07, 6.45) is -0.742. The van der Waals surface area contributed by atoms with Gasteiger partial charge in [0.2, 0.25) is 0 Å². The molecule has 178 valence electrons. The molecule has 3 aromatic rings. The first-order chi connectivity index (χ1) is 16.4. The highest BCUT2D eigenvalue weighted by Crippen LogP contribution is 2.35. The lowest BCUT2D eigenvalue weighted by atomic mass is 9.84. The Balaban J connectivity index is 1.54. The summed E-state index contributed by atoms with van der Waals surface area (Å²) in [5.41, 5.74) is 2.21. The van der Waals surface area contributed by atoms with E-state index in [2.05, 4.69) is 5.32 Å². The van der Waals surface area contributed by atoms with E-state index in [-0.39, 0.29) is 18.2 Å². The SMILES string of the molecule is O=C(OCc1ccccc1)N1CC[C@H](O)[C@H]([C@H](Nc2ccc(Cl)c(F)c2)c2cccc(Cl)c2)C1. The van der Waals surface area contributed by atoms with Crippen molar-refractivity contribution in [2.75, 3.05) is 18.4 Å². The van der Waals surface area contributed by atoms with Crippen molar-refractivity contribution in [3.63, 3.8) is 0 Å². The standard InChI is InChI=1S/C26H25Cl2FN2O3/c27-19-8-4-7-18(13-19)25(30-20-9-10-22(28)23(29)14-20)21-15-31(12-11-24(21)32)26(33)34-16-17-5-2-1-3-6-17/h1-10,13-14,21,24-25,30,32H,11-12,15-16H2/t21-,24+,25-/m1/s1. The van der Waals surface area contributed by atoms with E-state index in [4.69, 9.17) is 27.9 Å². The second-order valence-corrected chi connectivity index (χ2v) is 9.16. The Bertz CT molecular complexity index is 1130. The summed E-state index contributed by atoms with van der Waals surface area (Å²) in [6.45, 7) is 0.807. The molecule has 3 aromatic carbocycles. The van der Waals surface area contributed by atoms with Crippen LogP contribution in [0.2, 0.25) is 10.0 Å². The van der Waals surface area contributed by atoms with E-state index in [1.54, 1.807) is 23.1 Å². The number of carbonyl (C=O) groups excluding carboxylic acids is 1. The van der Waals surface area contributed by atoms with E-state index >= 15 is 0 Å². The van der Waals surface area contributed by atoms with E-state index in [1.165, 1.54) is 12.1 Å². The van der Waals surface area contributed by atoms with Gasteiger partial charge in [0, 0.05) is 29.7 Å². The van der Waals surface area contributed by atoms with Crippen LogP contribution in [0.25, 0.3) is 0 Å². The third kappa shape index (κ3) is 6.00. The van der Waals surface area contributed by atoms with Gasteiger partial charge in [0.05, 0.1) is 17.2 Å². The molecule has 0 saturated carbocycles. The highest BCUT2D eigenvalue weighted by molar-refractivity contribution is 6.31. The number of rotatable bonds is 6. The lowest BCUT2D eigenvalue weighted by molar-refractivity contribution is 0.0117. The van der Waals surface area contributed by atoms with Crippen molar-refractivity contribution in [3.05, 3.63) is 99.8 Å². The van der Waals surface area contributed by atoms with E-state index < -0.39 is 30.0 Å². The average molecular weight is 503 g/mol. The summed E-state index contributed by atoms with van der Waals surface area (Å²) in [7, 11) is 0. The minimum atomic E-state index is -0.688. The van der Waals surface area contributed by atoms with Gasteiger partial charge >= 0.3 is 6.09 Å². The number of nitrogens with zero attached hydrogens (tertiary/aromatic N) is 1. The zero-order valence-electron chi connectivity index (χ0n) is 18.3. The molecule has 0 radical (unpaired) electrons. The molecule has 1 saturated heterocycles. The van der Waals surface area contributed by atoms with Crippen molar-refractivity contribution in [2.24, 2.45) is 5.92 Å². The number of hydrogen-bond donors (Lipinski definition) is 2. The summed E-state index contributed by atoms with van der Waals surface area (Å²) in [4.78, 5) is 14.4. The smallest absolute Gasteiger partial charge is 0.410 e. The Morgan fingerprint density at radius 1 is 1.12 bits per heavy atom. The van der Waals surface area contributed by atoms with E-state index in [9.17, 15) is 14.3 Å². The zero-order valence-corrected chi connectivity index (χ0v) is 19.8. The van der Waals surface area contributed by atoms with Crippen molar-refractivity contribution < 1.29 is 19.0 Å². The van der Waals surface area contributed by atoms with Crippen LogP contribution < -0.4 is 5.32 Å². The Morgan fingerprint density at radius 3 is 2.65 bits per heavy atom. The van der Waals surface area contributed by atoms with Gasteiger partial charge < -0.3 is 20.1 Å². The van der Waals surface area contributed by atoms with Crippen LogP contribution in [0.1, 0.15) is 23.6 Å². The van der Waals surface area contributed by atoms with Crippen LogP contribution in [-0.4, -0.2) is 35.3 Å². The molecule has 1 aliphatic rings. The fourth-order valence-electron chi connectivity index (χ4n) is 4.18. The first-order valence-electron chi connectivity index (χ1n) is 11.0. The number of aliphatic hydroxyl groups is 1. The third-order valence-corrected chi connectivity index (χ3v) is 6.50. The van der Waals surface area contributed by atoms with Crippen molar-refractivity contribution >= 4 is 35.0 Å². The number of ether oxygens (including phenoxy) is 1. The normalized spacial score (nSPS) is 18.9. The van der Waals surface area contributed by atoms with Gasteiger partial charge in [0.15, 0.2) is 0 Å². The summed E-state index contributed by atoms with van der Waals surface area (Å²) in [5.74, 6) is -0.943. The van der Waals surface area contributed by atoms with Crippen LogP contribution in [0, 0.1) is 11.7 Å².